The van der Waals surface area contributed by atoms with Crippen LogP contribution in [0.25, 0.3) is 0 Å². The van der Waals surface area contributed by atoms with Crippen molar-refractivity contribution in [3.8, 4) is 0 Å². The molecule has 0 aliphatic carbocycles. The lowest BCUT2D eigenvalue weighted by atomic mass is 10.2. The Morgan fingerprint density at radius 3 is 2.95 bits per heavy atom. The third kappa shape index (κ3) is 3.45. The second kappa shape index (κ2) is 6.34. The molecule has 0 fully saturated rings. The summed E-state index contributed by atoms with van der Waals surface area (Å²) >= 11 is 4.93. The van der Waals surface area contributed by atoms with Gasteiger partial charge < -0.3 is 4.57 Å². The van der Waals surface area contributed by atoms with E-state index in [0.717, 1.165) is 21.0 Å². The van der Waals surface area contributed by atoms with E-state index >= 15 is 0 Å². The first-order valence-electron chi connectivity index (χ1n) is 5.69. The molecule has 0 aliphatic heterocycles. The van der Waals surface area contributed by atoms with E-state index in [1.807, 2.05) is 17.6 Å². The number of aromatic nitrogens is 3. The number of hydrogen-bond acceptors (Lipinski definition) is 3. The lowest BCUT2D eigenvalue weighted by molar-refractivity contribution is 0.626. The van der Waals surface area contributed by atoms with Crippen LogP contribution in [-0.2, 0) is 12.3 Å². The van der Waals surface area contributed by atoms with Crippen molar-refractivity contribution < 1.29 is 4.39 Å². The molecule has 0 saturated carbocycles. The molecule has 1 aromatic carbocycles. The minimum absolute atomic E-state index is 0.244. The van der Waals surface area contributed by atoms with Gasteiger partial charge >= 0.3 is 0 Å². The summed E-state index contributed by atoms with van der Waals surface area (Å²) in [7, 11) is 0. The number of nitrogens with zero attached hydrogens (tertiary/aromatic N) is 3. The Labute approximate surface area is 124 Å². The number of halogens is 2. The molecule has 1 aromatic heterocycles. The summed E-state index contributed by atoms with van der Waals surface area (Å²) in [6.07, 6.45) is 1.81. The molecule has 0 unspecified atom stereocenters. The van der Waals surface area contributed by atoms with Gasteiger partial charge in [0.25, 0.3) is 0 Å². The molecule has 0 saturated heterocycles. The molecular formula is C13H13BrFN3S. The Bertz CT molecular complexity index is 598. The predicted octanol–water partition coefficient (Wildman–Crippen LogP) is 3.97. The summed E-state index contributed by atoms with van der Waals surface area (Å²) in [4.78, 5) is 0. The Hall–Kier alpha value is -1.14. The molecule has 1 heterocycles. The number of benzene rings is 1. The van der Waals surface area contributed by atoms with Crippen molar-refractivity contribution >= 4 is 27.7 Å². The van der Waals surface area contributed by atoms with E-state index in [9.17, 15) is 4.39 Å². The maximum atomic E-state index is 13.0. The summed E-state index contributed by atoms with van der Waals surface area (Å²) in [6.45, 7) is 6.32. The average molecular weight is 342 g/mol. The molecule has 2 rings (SSSR count). The van der Waals surface area contributed by atoms with Gasteiger partial charge in [0.15, 0.2) is 5.16 Å². The van der Waals surface area contributed by atoms with Gasteiger partial charge in [-0.2, -0.15) is 0 Å². The van der Waals surface area contributed by atoms with Crippen LogP contribution in [0.4, 0.5) is 4.39 Å². The molecule has 0 radical (unpaired) electrons. The first kappa shape index (κ1) is 14.3. The lowest BCUT2D eigenvalue weighted by Crippen LogP contribution is -2.00. The van der Waals surface area contributed by atoms with Crippen LogP contribution < -0.4 is 0 Å². The second-order valence-corrected chi connectivity index (χ2v) is 5.75. The first-order chi connectivity index (χ1) is 9.11. The van der Waals surface area contributed by atoms with Gasteiger partial charge in [0, 0.05) is 16.8 Å². The molecule has 0 N–H and O–H groups in total. The fourth-order valence-corrected chi connectivity index (χ4v) is 3.26. The van der Waals surface area contributed by atoms with Gasteiger partial charge in [0.05, 0.1) is 0 Å². The van der Waals surface area contributed by atoms with Crippen molar-refractivity contribution in [1.82, 2.24) is 14.8 Å². The highest BCUT2D eigenvalue weighted by molar-refractivity contribution is 9.10. The van der Waals surface area contributed by atoms with Crippen molar-refractivity contribution in [3.05, 3.63) is 52.5 Å². The minimum Gasteiger partial charge on any atom is -0.302 e. The summed E-state index contributed by atoms with van der Waals surface area (Å²) in [5, 5.41) is 9.03. The highest BCUT2D eigenvalue weighted by Gasteiger charge is 2.09. The topological polar surface area (TPSA) is 30.7 Å². The van der Waals surface area contributed by atoms with Crippen LogP contribution in [0, 0.1) is 12.7 Å². The van der Waals surface area contributed by atoms with E-state index < -0.39 is 0 Å². The second-order valence-electron chi connectivity index (χ2n) is 3.95. The quantitative estimate of drug-likeness (QED) is 0.609. The zero-order valence-electron chi connectivity index (χ0n) is 10.4. The summed E-state index contributed by atoms with van der Waals surface area (Å²) < 4.78 is 15.8. The number of thioether (sulfide) groups is 1. The number of allylic oxidation sites excluding steroid dienone is 1. The van der Waals surface area contributed by atoms with Crippen molar-refractivity contribution in [2.75, 3.05) is 0 Å². The van der Waals surface area contributed by atoms with Crippen molar-refractivity contribution in [2.45, 2.75) is 24.4 Å². The molecule has 0 amide bonds. The van der Waals surface area contributed by atoms with Crippen LogP contribution in [-0.4, -0.2) is 14.8 Å². The maximum Gasteiger partial charge on any atom is 0.191 e. The molecule has 0 bridgehead atoms. The van der Waals surface area contributed by atoms with E-state index in [0.29, 0.717) is 12.3 Å². The molecule has 3 nitrogen and oxygen atoms in total. The standard InChI is InChI=1S/C13H13BrFN3S/c1-3-6-18-9(2)16-17-13(18)19-8-10-4-5-11(15)7-12(10)14/h3-5,7H,1,6,8H2,2H3. The van der Waals surface area contributed by atoms with Crippen molar-refractivity contribution in [1.29, 1.82) is 0 Å². The number of hydrogen-bond donors (Lipinski definition) is 0. The largest absolute Gasteiger partial charge is 0.302 e. The van der Waals surface area contributed by atoms with E-state index in [-0.39, 0.29) is 5.82 Å². The van der Waals surface area contributed by atoms with Gasteiger partial charge in [-0.3, -0.25) is 0 Å². The van der Waals surface area contributed by atoms with Gasteiger partial charge in [-0.25, -0.2) is 4.39 Å². The monoisotopic (exact) mass is 341 g/mol. The number of aryl methyl sites for hydroxylation is 1. The third-order valence-electron chi connectivity index (χ3n) is 2.59. The zero-order valence-corrected chi connectivity index (χ0v) is 12.8. The van der Waals surface area contributed by atoms with Crippen LogP contribution in [0.15, 0.2) is 40.5 Å². The highest BCUT2D eigenvalue weighted by Crippen LogP contribution is 2.26. The van der Waals surface area contributed by atoms with Crippen molar-refractivity contribution in [3.63, 3.8) is 0 Å². The number of rotatable bonds is 5. The average Bonchev–Trinajstić information content (AvgIpc) is 2.71. The molecule has 0 spiro atoms. The molecule has 100 valence electrons. The van der Waals surface area contributed by atoms with E-state index in [1.54, 1.807) is 17.8 Å². The molecule has 2 aromatic rings. The van der Waals surface area contributed by atoms with Gasteiger partial charge in [0.2, 0.25) is 0 Å². The van der Waals surface area contributed by atoms with Crippen molar-refractivity contribution in [2.24, 2.45) is 0 Å². The van der Waals surface area contributed by atoms with E-state index in [2.05, 4.69) is 32.7 Å². The smallest absolute Gasteiger partial charge is 0.191 e. The Balaban J connectivity index is 2.12. The molecule has 0 atom stereocenters. The lowest BCUT2D eigenvalue weighted by Gasteiger charge is -2.06. The van der Waals surface area contributed by atoms with Gasteiger partial charge in [-0.15, -0.1) is 16.8 Å². The molecule has 0 aliphatic rings. The SMILES string of the molecule is C=CCn1c(C)nnc1SCc1ccc(F)cc1Br. The van der Waals surface area contributed by atoms with Crippen LogP contribution in [0.1, 0.15) is 11.4 Å². The third-order valence-corrected chi connectivity index (χ3v) is 4.34. The van der Waals surface area contributed by atoms with Gasteiger partial charge in [-0.05, 0) is 24.6 Å². The minimum atomic E-state index is -0.244. The Morgan fingerprint density at radius 1 is 1.47 bits per heavy atom. The summed E-state index contributed by atoms with van der Waals surface area (Å²) in [5.74, 6) is 1.32. The van der Waals surface area contributed by atoms with Crippen LogP contribution in [0.2, 0.25) is 0 Å². The zero-order chi connectivity index (χ0) is 13.8. The predicted molar refractivity (Wildman–Crippen MR) is 78.6 cm³/mol. The van der Waals surface area contributed by atoms with Crippen LogP contribution in [0.5, 0.6) is 0 Å². The summed E-state index contributed by atoms with van der Waals surface area (Å²) in [5.41, 5.74) is 1.03. The fraction of sp³-hybridized carbons (Fsp3) is 0.231. The van der Waals surface area contributed by atoms with E-state index in [4.69, 9.17) is 0 Å². The fourth-order valence-electron chi connectivity index (χ4n) is 1.59. The normalized spacial score (nSPS) is 10.7. The molecule has 6 heteroatoms. The van der Waals surface area contributed by atoms with Gasteiger partial charge in [0.1, 0.15) is 11.6 Å². The molecule has 19 heavy (non-hydrogen) atoms. The van der Waals surface area contributed by atoms with E-state index in [1.165, 1.54) is 12.1 Å². The maximum absolute atomic E-state index is 13.0. The summed E-state index contributed by atoms with van der Waals surface area (Å²) in [6, 6.07) is 4.70. The Morgan fingerprint density at radius 2 is 2.26 bits per heavy atom. The highest BCUT2D eigenvalue weighted by atomic mass is 79.9. The van der Waals surface area contributed by atoms with Crippen LogP contribution >= 0.6 is 27.7 Å². The van der Waals surface area contributed by atoms with Gasteiger partial charge in [-0.1, -0.05) is 39.8 Å². The molecular weight excluding hydrogens is 329 g/mol. The van der Waals surface area contributed by atoms with Crippen LogP contribution in [0.3, 0.4) is 0 Å². The Kier molecular flexibility index (Phi) is 4.76. The first-order valence-corrected chi connectivity index (χ1v) is 7.47.